The molecule has 2 saturated heterocycles. The number of hydrogen-bond acceptors (Lipinski definition) is 4. The zero-order valence-corrected chi connectivity index (χ0v) is 14.7. The highest BCUT2D eigenvalue weighted by molar-refractivity contribution is 7.99. The van der Waals surface area contributed by atoms with E-state index in [2.05, 4.69) is 16.7 Å². The third-order valence-electron chi connectivity index (χ3n) is 4.86. The maximum absolute atomic E-state index is 12.7. The molecule has 0 N–H and O–H groups in total. The van der Waals surface area contributed by atoms with Crippen LogP contribution in [0.25, 0.3) is 0 Å². The molecule has 2 aliphatic heterocycles. The molecule has 0 atom stereocenters. The summed E-state index contributed by atoms with van der Waals surface area (Å²) in [5.74, 6) is 3.51. The molecule has 1 aromatic carbocycles. The van der Waals surface area contributed by atoms with Gasteiger partial charge in [-0.1, -0.05) is 0 Å². The molecule has 2 fully saturated rings. The van der Waals surface area contributed by atoms with E-state index in [0.717, 1.165) is 50.0 Å². The van der Waals surface area contributed by atoms with Gasteiger partial charge in [0.1, 0.15) is 5.75 Å². The van der Waals surface area contributed by atoms with Crippen LogP contribution in [0.1, 0.15) is 29.6 Å². The molecular weight excluding hydrogens is 308 g/mol. The van der Waals surface area contributed by atoms with E-state index in [4.69, 9.17) is 4.74 Å². The first kappa shape index (κ1) is 16.7. The van der Waals surface area contributed by atoms with Crippen LogP contribution < -0.4 is 4.74 Å². The third-order valence-corrected chi connectivity index (χ3v) is 5.91. The van der Waals surface area contributed by atoms with Crippen LogP contribution in [0.3, 0.4) is 0 Å². The Kier molecular flexibility index (Phi) is 5.84. The van der Waals surface area contributed by atoms with Crippen molar-refractivity contribution in [2.45, 2.75) is 25.3 Å². The van der Waals surface area contributed by atoms with Crippen molar-refractivity contribution in [3.63, 3.8) is 0 Å². The van der Waals surface area contributed by atoms with Gasteiger partial charge in [0.25, 0.3) is 5.91 Å². The Morgan fingerprint density at radius 1 is 1.09 bits per heavy atom. The van der Waals surface area contributed by atoms with E-state index in [-0.39, 0.29) is 5.91 Å². The number of carbonyl (C=O) groups is 1. The van der Waals surface area contributed by atoms with E-state index in [1.807, 2.05) is 29.2 Å². The van der Waals surface area contributed by atoms with Crippen molar-refractivity contribution in [1.82, 2.24) is 9.80 Å². The summed E-state index contributed by atoms with van der Waals surface area (Å²) >= 11 is 2.07. The Labute approximate surface area is 143 Å². The Bertz CT molecular complexity index is 514. The van der Waals surface area contributed by atoms with Crippen LogP contribution >= 0.6 is 11.8 Å². The zero-order valence-electron chi connectivity index (χ0n) is 13.9. The van der Waals surface area contributed by atoms with Gasteiger partial charge in [-0.15, -0.1) is 0 Å². The average Bonchev–Trinajstić information content (AvgIpc) is 2.88. The maximum atomic E-state index is 12.7. The number of carbonyl (C=O) groups excluding carboxylic acids is 1. The van der Waals surface area contributed by atoms with Crippen LogP contribution in [-0.4, -0.2) is 66.5 Å². The summed E-state index contributed by atoms with van der Waals surface area (Å²) < 4.78 is 5.16. The topological polar surface area (TPSA) is 32.8 Å². The maximum Gasteiger partial charge on any atom is 0.253 e. The standard InChI is InChI=1S/C18H26N2O2S/c1-22-17-5-3-15(4-6-17)18(21)20-10-2-9-19(11-12-20)16-7-13-23-14-8-16/h3-6,16H,2,7-14H2,1H3. The Morgan fingerprint density at radius 2 is 1.83 bits per heavy atom. The zero-order chi connectivity index (χ0) is 16.1. The van der Waals surface area contributed by atoms with Crippen LogP contribution in [0.5, 0.6) is 5.75 Å². The normalized spacial score (nSPS) is 21.0. The van der Waals surface area contributed by atoms with Crippen LogP contribution in [0.4, 0.5) is 0 Å². The molecule has 4 nitrogen and oxygen atoms in total. The smallest absolute Gasteiger partial charge is 0.253 e. The van der Waals surface area contributed by atoms with Crippen molar-refractivity contribution < 1.29 is 9.53 Å². The largest absolute Gasteiger partial charge is 0.497 e. The Hall–Kier alpha value is -1.20. The van der Waals surface area contributed by atoms with Gasteiger partial charge in [-0.05, 0) is 55.0 Å². The average molecular weight is 334 g/mol. The Balaban J connectivity index is 1.59. The van der Waals surface area contributed by atoms with Crippen LogP contribution in [0.2, 0.25) is 0 Å². The molecule has 3 rings (SSSR count). The molecule has 0 unspecified atom stereocenters. The van der Waals surface area contributed by atoms with E-state index >= 15 is 0 Å². The number of rotatable bonds is 3. The molecule has 0 spiro atoms. The summed E-state index contributed by atoms with van der Waals surface area (Å²) in [7, 11) is 1.64. The number of nitrogens with zero attached hydrogens (tertiary/aromatic N) is 2. The lowest BCUT2D eigenvalue weighted by Gasteiger charge is -2.33. The number of amides is 1. The van der Waals surface area contributed by atoms with E-state index in [1.54, 1.807) is 7.11 Å². The molecule has 0 aliphatic carbocycles. The molecule has 1 aromatic rings. The summed E-state index contributed by atoms with van der Waals surface area (Å²) in [4.78, 5) is 17.3. The lowest BCUT2D eigenvalue weighted by Crippen LogP contribution is -2.41. The van der Waals surface area contributed by atoms with Crippen molar-refractivity contribution in [2.75, 3.05) is 44.8 Å². The minimum Gasteiger partial charge on any atom is -0.497 e. The third kappa shape index (κ3) is 4.21. The van der Waals surface area contributed by atoms with Gasteiger partial charge in [-0.3, -0.25) is 9.69 Å². The summed E-state index contributed by atoms with van der Waals surface area (Å²) in [6, 6.07) is 8.17. The molecular formula is C18H26N2O2S. The molecule has 0 saturated carbocycles. The van der Waals surface area contributed by atoms with Crippen molar-refractivity contribution >= 4 is 17.7 Å². The molecule has 2 aliphatic rings. The minimum atomic E-state index is 0.147. The van der Waals surface area contributed by atoms with Gasteiger partial charge in [-0.25, -0.2) is 0 Å². The lowest BCUT2D eigenvalue weighted by atomic mass is 10.1. The van der Waals surface area contributed by atoms with Gasteiger partial charge in [0.05, 0.1) is 7.11 Å². The lowest BCUT2D eigenvalue weighted by molar-refractivity contribution is 0.0757. The SMILES string of the molecule is COc1ccc(C(=O)N2CCCN(C3CCSCC3)CC2)cc1. The van der Waals surface area contributed by atoms with Gasteiger partial charge < -0.3 is 9.64 Å². The first-order chi connectivity index (χ1) is 11.3. The number of hydrogen-bond donors (Lipinski definition) is 0. The van der Waals surface area contributed by atoms with Gasteiger partial charge in [0, 0.05) is 37.8 Å². The Morgan fingerprint density at radius 3 is 2.52 bits per heavy atom. The number of ether oxygens (including phenoxy) is 1. The molecule has 126 valence electrons. The summed E-state index contributed by atoms with van der Waals surface area (Å²) in [6.07, 6.45) is 3.68. The van der Waals surface area contributed by atoms with Crippen LogP contribution in [0, 0.1) is 0 Å². The first-order valence-corrected chi connectivity index (χ1v) is 9.68. The van der Waals surface area contributed by atoms with Gasteiger partial charge >= 0.3 is 0 Å². The summed E-state index contributed by atoms with van der Waals surface area (Å²) in [5, 5.41) is 0. The van der Waals surface area contributed by atoms with E-state index < -0.39 is 0 Å². The van der Waals surface area contributed by atoms with E-state index in [1.165, 1.54) is 24.3 Å². The molecule has 0 aromatic heterocycles. The molecule has 5 heteroatoms. The van der Waals surface area contributed by atoms with E-state index in [0.29, 0.717) is 0 Å². The highest BCUT2D eigenvalue weighted by Gasteiger charge is 2.25. The molecule has 0 bridgehead atoms. The fourth-order valence-corrected chi connectivity index (χ4v) is 4.55. The number of thioether (sulfide) groups is 1. The fourth-order valence-electron chi connectivity index (χ4n) is 3.47. The highest BCUT2D eigenvalue weighted by atomic mass is 32.2. The van der Waals surface area contributed by atoms with Crippen LogP contribution in [0.15, 0.2) is 24.3 Å². The molecule has 2 heterocycles. The molecule has 23 heavy (non-hydrogen) atoms. The fraction of sp³-hybridized carbons (Fsp3) is 0.611. The van der Waals surface area contributed by atoms with Gasteiger partial charge in [-0.2, -0.15) is 11.8 Å². The van der Waals surface area contributed by atoms with E-state index in [9.17, 15) is 4.79 Å². The monoisotopic (exact) mass is 334 g/mol. The summed E-state index contributed by atoms with van der Waals surface area (Å²) in [6.45, 7) is 3.84. The first-order valence-electron chi connectivity index (χ1n) is 8.53. The molecule has 0 radical (unpaired) electrons. The second-order valence-corrected chi connectivity index (χ2v) is 7.48. The second kappa shape index (κ2) is 8.06. The van der Waals surface area contributed by atoms with Gasteiger partial charge in [0.2, 0.25) is 0 Å². The second-order valence-electron chi connectivity index (χ2n) is 6.25. The van der Waals surface area contributed by atoms with Crippen molar-refractivity contribution in [2.24, 2.45) is 0 Å². The van der Waals surface area contributed by atoms with Crippen molar-refractivity contribution in [1.29, 1.82) is 0 Å². The van der Waals surface area contributed by atoms with Crippen LogP contribution in [-0.2, 0) is 0 Å². The number of benzene rings is 1. The quantitative estimate of drug-likeness (QED) is 0.851. The highest BCUT2D eigenvalue weighted by Crippen LogP contribution is 2.23. The van der Waals surface area contributed by atoms with Gasteiger partial charge in [0.15, 0.2) is 0 Å². The molecule has 1 amide bonds. The number of methoxy groups -OCH3 is 1. The van der Waals surface area contributed by atoms with Crippen molar-refractivity contribution in [3.8, 4) is 5.75 Å². The minimum absolute atomic E-state index is 0.147. The predicted octanol–water partition coefficient (Wildman–Crippen LogP) is 2.74. The summed E-state index contributed by atoms with van der Waals surface area (Å²) in [5.41, 5.74) is 0.758. The van der Waals surface area contributed by atoms with Crippen molar-refractivity contribution in [3.05, 3.63) is 29.8 Å². The predicted molar refractivity (Wildman–Crippen MR) is 95.4 cm³/mol.